The lowest BCUT2D eigenvalue weighted by Crippen LogP contribution is -2.25. The van der Waals surface area contributed by atoms with Crippen LogP contribution in [0.2, 0.25) is 0 Å². The van der Waals surface area contributed by atoms with Crippen LogP contribution >= 0.6 is 0 Å². The molecule has 113 valence electrons. The van der Waals surface area contributed by atoms with Gasteiger partial charge < -0.3 is 15.2 Å². The predicted octanol–water partition coefficient (Wildman–Crippen LogP) is 4.12. The number of nitrogens with one attached hydrogen (secondary N) is 1. The SMILES string of the molecule is CCC(O)(CC)c1cccc(OC)c1NCC[C](C)C. The van der Waals surface area contributed by atoms with Crippen LogP contribution in [0.4, 0.5) is 5.69 Å². The molecule has 0 saturated carbocycles. The lowest BCUT2D eigenvalue weighted by molar-refractivity contribution is 0.0289. The number of benzene rings is 1. The second kappa shape index (κ2) is 7.53. The molecule has 1 aromatic rings. The van der Waals surface area contributed by atoms with E-state index in [1.807, 2.05) is 32.0 Å². The summed E-state index contributed by atoms with van der Waals surface area (Å²) in [6.45, 7) is 9.12. The van der Waals surface area contributed by atoms with Gasteiger partial charge in [-0.25, -0.2) is 0 Å². The third-order valence-electron chi connectivity index (χ3n) is 3.84. The van der Waals surface area contributed by atoms with Crippen molar-refractivity contribution in [2.24, 2.45) is 0 Å². The topological polar surface area (TPSA) is 41.5 Å². The standard InChI is InChI=1S/C17H28NO2/c1-6-17(19,7-2)14-9-8-10-15(20-5)16(14)18-12-11-13(3)4/h8-10,18-19H,6-7,11-12H2,1-5H3. The van der Waals surface area contributed by atoms with E-state index in [1.165, 1.54) is 5.92 Å². The van der Waals surface area contributed by atoms with E-state index in [-0.39, 0.29) is 0 Å². The Labute approximate surface area is 123 Å². The third-order valence-corrected chi connectivity index (χ3v) is 3.84. The molecule has 20 heavy (non-hydrogen) atoms. The van der Waals surface area contributed by atoms with Gasteiger partial charge in [-0.1, -0.05) is 39.8 Å². The summed E-state index contributed by atoms with van der Waals surface area (Å²) in [6.07, 6.45) is 2.38. The Bertz CT molecular complexity index is 411. The first-order valence-corrected chi connectivity index (χ1v) is 7.41. The van der Waals surface area contributed by atoms with E-state index >= 15 is 0 Å². The van der Waals surface area contributed by atoms with E-state index in [0.29, 0.717) is 12.8 Å². The molecule has 2 N–H and O–H groups in total. The minimum absolute atomic E-state index is 0.685. The maximum absolute atomic E-state index is 10.8. The number of hydrogen-bond donors (Lipinski definition) is 2. The summed E-state index contributed by atoms with van der Waals surface area (Å²) < 4.78 is 5.45. The van der Waals surface area contributed by atoms with Gasteiger partial charge in [-0.15, -0.1) is 0 Å². The van der Waals surface area contributed by atoms with Gasteiger partial charge >= 0.3 is 0 Å². The lowest BCUT2D eigenvalue weighted by atomic mass is 9.87. The van der Waals surface area contributed by atoms with Crippen LogP contribution in [-0.2, 0) is 5.60 Å². The number of hydrogen-bond acceptors (Lipinski definition) is 3. The molecule has 0 unspecified atom stereocenters. The fourth-order valence-corrected chi connectivity index (χ4v) is 2.34. The van der Waals surface area contributed by atoms with Crippen LogP contribution < -0.4 is 10.1 Å². The van der Waals surface area contributed by atoms with Gasteiger partial charge in [0.15, 0.2) is 0 Å². The average molecular weight is 278 g/mol. The highest BCUT2D eigenvalue weighted by molar-refractivity contribution is 5.64. The molecule has 0 aliphatic rings. The monoisotopic (exact) mass is 278 g/mol. The molecule has 0 fully saturated rings. The quantitative estimate of drug-likeness (QED) is 0.751. The average Bonchev–Trinajstić information content (AvgIpc) is 2.46. The molecular weight excluding hydrogens is 250 g/mol. The maximum Gasteiger partial charge on any atom is 0.142 e. The van der Waals surface area contributed by atoms with Gasteiger partial charge in [0.25, 0.3) is 0 Å². The zero-order chi connectivity index (χ0) is 15.2. The van der Waals surface area contributed by atoms with E-state index in [1.54, 1.807) is 7.11 Å². The molecule has 0 aliphatic heterocycles. The fourth-order valence-electron chi connectivity index (χ4n) is 2.34. The van der Waals surface area contributed by atoms with Crippen LogP contribution in [0.25, 0.3) is 0 Å². The van der Waals surface area contributed by atoms with Crippen molar-refractivity contribution in [3.05, 3.63) is 29.7 Å². The van der Waals surface area contributed by atoms with Crippen molar-refractivity contribution in [2.45, 2.75) is 52.6 Å². The van der Waals surface area contributed by atoms with Crippen LogP contribution in [0.3, 0.4) is 0 Å². The summed E-state index contributed by atoms with van der Waals surface area (Å²) in [5.74, 6) is 2.17. The molecule has 0 spiro atoms. The van der Waals surface area contributed by atoms with E-state index in [2.05, 4.69) is 19.2 Å². The van der Waals surface area contributed by atoms with Crippen LogP contribution in [0.1, 0.15) is 52.5 Å². The Kier molecular flexibility index (Phi) is 6.34. The molecule has 1 aromatic carbocycles. The second-order valence-corrected chi connectivity index (χ2v) is 5.51. The maximum atomic E-state index is 10.8. The minimum Gasteiger partial charge on any atom is -0.495 e. The minimum atomic E-state index is -0.804. The number of para-hydroxylation sites is 1. The molecule has 0 heterocycles. The molecule has 3 heteroatoms. The molecule has 0 atom stereocenters. The van der Waals surface area contributed by atoms with Crippen molar-refractivity contribution < 1.29 is 9.84 Å². The zero-order valence-electron chi connectivity index (χ0n) is 13.4. The van der Waals surface area contributed by atoms with Gasteiger partial charge in [-0.05, 0) is 31.2 Å². The van der Waals surface area contributed by atoms with Crippen molar-refractivity contribution in [2.75, 3.05) is 19.0 Å². The summed E-state index contributed by atoms with van der Waals surface area (Å²) in [5.41, 5.74) is 1.04. The molecule has 0 bridgehead atoms. The van der Waals surface area contributed by atoms with Gasteiger partial charge in [0, 0.05) is 12.1 Å². The summed E-state index contributed by atoms with van der Waals surface area (Å²) in [7, 11) is 1.67. The van der Waals surface area contributed by atoms with Crippen molar-refractivity contribution in [1.29, 1.82) is 0 Å². The molecule has 1 radical (unpaired) electrons. The van der Waals surface area contributed by atoms with E-state index in [4.69, 9.17) is 4.74 Å². The molecule has 0 saturated heterocycles. The summed E-state index contributed by atoms with van der Waals surface area (Å²) >= 11 is 0. The number of anilines is 1. The number of ether oxygens (including phenoxy) is 1. The lowest BCUT2D eigenvalue weighted by Gasteiger charge is -2.29. The van der Waals surface area contributed by atoms with Crippen molar-refractivity contribution in [3.8, 4) is 5.75 Å². The second-order valence-electron chi connectivity index (χ2n) is 5.51. The van der Waals surface area contributed by atoms with E-state index in [0.717, 1.165) is 30.0 Å². The smallest absolute Gasteiger partial charge is 0.142 e. The molecule has 0 amide bonds. The Balaban J connectivity index is 3.10. The van der Waals surface area contributed by atoms with Crippen LogP contribution in [0.5, 0.6) is 5.75 Å². The Hall–Kier alpha value is -1.22. The highest BCUT2D eigenvalue weighted by Gasteiger charge is 2.29. The van der Waals surface area contributed by atoms with Gasteiger partial charge in [0.1, 0.15) is 5.75 Å². The number of aliphatic hydroxyl groups is 1. The van der Waals surface area contributed by atoms with E-state index in [9.17, 15) is 5.11 Å². The first-order chi connectivity index (χ1) is 9.48. The molecule has 0 aliphatic carbocycles. The van der Waals surface area contributed by atoms with Gasteiger partial charge in [0.05, 0.1) is 18.4 Å². The van der Waals surface area contributed by atoms with Crippen molar-refractivity contribution >= 4 is 5.69 Å². The van der Waals surface area contributed by atoms with Gasteiger partial charge in [-0.2, -0.15) is 0 Å². The summed E-state index contributed by atoms with van der Waals surface area (Å²) in [4.78, 5) is 0. The Morgan fingerprint density at radius 2 is 1.90 bits per heavy atom. The van der Waals surface area contributed by atoms with Crippen LogP contribution in [0, 0.1) is 5.92 Å². The molecule has 0 aromatic heterocycles. The van der Waals surface area contributed by atoms with Gasteiger partial charge in [0.2, 0.25) is 0 Å². The number of rotatable bonds is 8. The molecule has 1 rings (SSSR count). The zero-order valence-corrected chi connectivity index (χ0v) is 13.4. The van der Waals surface area contributed by atoms with Crippen molar-refractivity contribution in [3.63, 3.8) is 0 Å². The fraction of sp³-hybridized carbons (Fsp3) is 0.588. The largest absolute Gasteiger partial charge is 0.495 e. The third kappa shape index (κ3) is 3.89. The normalized spacial score (nSPS) is 11.8. The highest BCUT2D eigenvalue weighted by atomic mass is 16.5. The first kappa shape index (κ1) is 16.8. The molecular formula is C17H28NO2. The van der Waals surface area contributed by atoms with Crippen LogP contribution in [-0.4, -0.2) is 18.8 Å². The highest BCUT2D eigenvalue weighted by Crippen LogP contribution is 2.39. The van der Waals surface area contributed by atoms with E-state index < -0.39 is 5.60 Å². The summed E-state index contributed by atoms with van der Waals surface area (Å²) in [6, 6.07) is 5.85. The number of methoxy groups -OCH3 is 1. The predicted molar refractivity (Wildman–Crippen MR) is 85.2 cm³/mol. The van der Waals surface area contributed by atoms with Crippen molar-refractivity contribution in [1.82, 2.24) is 0 Å². The summed E-state index contributed by atoms with van der Waals surface area (Å²) in [5, 5.41) is 14.2. The Morgan fingerprint density at radius 1 is 1.25 bits per heavy atom. The first-order valence-electron chi connectivity index (χ1n) is 7.41. The Morgan fingerprint density at radius 3 is 2.40 bits per heavy atom. The van der Waals surface area contributed by atoms with Crippen LogP contribution in [0.15, 0.2) is 18.2 Å². The van der Waals surface area contributed by atoms with Gasteiger partial charge in [-0.3, -0.25) is 0 Å². The molecule has 3 nitrogen and oxygen atoms in total.